The monoisotopic (exact) mass is 258 g/mol. The number of aromatic nitrogens is 3. The Kier molecular flexibility index (Phi) is 4.41. The van der Waals surface area contributed by atoms with E-state index in [1.807, 2.05) is 19.1 Å². The van der Waals surface area contributed by atoms with Gasteiger partial charge >= 0.3 is 0 Å². The van der Waals surface area contributed by atoms with E-state index >= 15 is 0 Å². The van der Waals surface area contributed by atoms with Crippen molar-refractivity contribution < 1.29 is 4.74 Å². The molecule has 0 fully saturated rings. The van der Waals surface area contributed by atoms with Crippen LogP contribution in [-0.2, 0) is 0 Å². The van der Waals surface area contributed by atoms with Crippen LogP contribution in [0.2, 0.25) is 0 Å². The van der Waals surface area contributed by atoms with Gasteiger partial charge in [0.1, 0.15) is 11.6 Å². The molecule has 0 aliphatic rings. The topological polar surface area (TPSA) is 73.9 Å². The van der Waals surface area contributed by atoms with Gasteiger partial charge in [0.05, 0.1) is 24.5 Å². The molecule has 5 nitrogen and oxygen atoms in total. The number of aryl methyl sites for hydroxylation is 1. The van der Waals surface area contributed by atoms with E-state index in [1.165, 1.54) is 0 Å². The van der Waals surface area contributed by atoms with E-state index in [9.17, 15) is 0 Å². The second-order valence-corrected chi connectivity index (χ2v) is 4.31. The fourth-order valence-corrected chi connectivity index (χ4v) is 1.72. The van der Waals surface area contributed by atoms with E-state index in [2.05, 4.69) is 21.9 Å². The summed E-state index contributed by atoms with van der Waals surface area (Å²) in [7, 11) is 0. The molecule has 1 atom stereocenters. The molecular formula is C14H18N4O. The highest BCUT2D eigenvalue weighted by Crippen LogP contribution is 2.20. The van der Waals surface area contributed by atoms with E-state index in [-0.39, 0.29) is 6.04 Å². The maximum Gasteiger partial charge on any atom is 0.137 e. The van der Waals surface area contributed by atoms with Crippen molar-refractivity contribution in [1.29, 1.82) is 0 Å². The predicted octanol–water partition coefficient (Wildman–Crippen LogP) is 2.02. The lowest BCUT2D eigenvalue weighted by atomic mass is 10.1. The van der Waals surface area contributed by atoms with Gasteiger partial charge in [-0.25, -0.2) is 9.97 Å². The van der Waals surface area contributed by atoms with Crippen molar-refractivity contribution in [3.8, 4) is 5.75 Å². The van der Waals surface area contributed by atoms with Crippen LogP contribution in [0.3, 0.4) is 0 Å². The highest BCUT2D eigenvalue weighted by molar-refractivity contribution is 5.30. The maximum absolute atomic E-state index is 6.20. The van der Waals surface area contributed by atoms with Crippen LogP contribution in [-0.4, -0.2) is 21.6 Å². The molecule has 0 amide bonds. The van der Waals surface area contributed by atoms with E-state index in [0.717, 1.165) is 23.4 Å². The van der Waals surface area contributed by atoms with Crippen molar-refractivity contribution >= 4 is 0 Å². The molecule has 100 valence electrons. The van der Waals surface area contributed by atoms with Crippen molar-refractivity contribution in [1.82, 2.24) is 15.0 Å². The molecule has 1 unspecified atom stereocenters. The summed E-state index contributed by atoms with van der Waals surface area (Å²) in [5, 5.41) is 0. The van der Waals surface area contributed by atoms with Crippen molar-refractivity contribution in [2.45, 2.75) is 26.3 Å². The van der Waals surface area contributed by atoms with Crippen molar-refractivity contribution in [3.05, 3.63) is 47.8 Å². The fraction of sp³-hybridized carbons (Fsp3) is 0.357. The summed E-state index contributed by atoms with van der Waals surface area (Å²) in [6, 6.07) is 3.40. The van der Waals surface area contributed by atoms with Crippen LogP contribution in [0.5, 0.6) is 5.75 Å². The summed E-state index contributed by atoms with van der Waals surface area (Å²) in [6.07, 6.45) is 6.10. The third kappa shape index (κ3) is 3.48. The molecule has 2 rings (SSSR count). The van der Waals surface area contributed by atoms with Gasteiger partial charge < -0.3 is 10.5 Å². The Bertz CT molecular complexity index is 544. The van der Waals surface area contributed by atoms with E-state index in [0.29, 0.717) is 12.4 Å². The number of pyridine rings is 1. The van der Waals surface area contributed by atoms with E-state index in [1.54, 1.807) is 18.6 Å². The quantitative estimate of drug-likeness (QED) is 0.888. The number of ether oxygens (including phenoxy) is 1. The molecule has 0 radical (unpaired) electrons. The lowest BCUT2D eigenvalue weighted by Gasteiger charge is -2.13. The molecule has 0 saturated heterocycles. The molecule has 2 aromatic rings. The number of rotatable bonds is 5. The third-order valence-corrected chi connectivity index (χ3v) is 2.68. The summed E-state index contributed by atoms with van der Waals surface area (Å²) in [6.45, 7) is 4.58. The van der Waals surface area contributed by atoms with Crippen LogP contribution in [0.15, 0.2) is 30.7 Å². The zero-order chi connectivity index (χ0) is 13.7. The van der Waals surface area contributed by atoms with Crippen LogP contribution in [0, 0.1) is 6.92 Å². The number of nitrogens with two attached hydrogens (primary N) is 1. The fourth-order valence-electron chi connectivity index (χ4n) is 1.72. The average Bonchev–Trinajstić information content (AvgIpc) is 2.44. The van der Waals surface area contributed by atoms with Gasteiger partial charge in [-0.15, -0.1) is 0 Å². The number of hydrogen-bond acceptors (Lipinski definition) is 5. The molecule has 0 aliphatic carbocycles. The normalized spacial score (nSPS) is 12.2. The smallest absolute Gasteiger partial charge is 0.137 e. The molecule has 0 aliphatic heterocycles. The van der Waals surface area contributed by atoms with E-state index in [4.69, 9.17) is 10.5 Å². The molecule has 2 aromatic heterocycles. The Balaban J connectivity index is 2.21. The number of nitrogens with zero attached hydrogens (tertiary/aromatic N) is 3. The van der Waals surface area contributed by atoms with Crippen LogP contribution < -0.4 is 10.5 Å². The highest BCUT2D eigenvalue weighted by Gasteiger charge is 2.12. The Labute approximate surface area is 112 Å². The van der Waals surface area contributed by atoms with Gasteiger partial charge in [-0.05, 0) is 31.0 Å². The first kappa shape index (κ1) is 13.4. The van der Waals surface area contributed by atoms with Crippen molar-refractivity contribution in [2.24, 2.45) is 5.73 Å². The summed E-state index contributed by atoms with van der Waals surface area (Å²) in [5.41, 5.74) is 7.86. The van der Waals surface area contributed by atoms with Crippen molar-refractivity contribution in [3.63, 3.8) is 0 Å². The first-order valence-electron chi connectivity index (χ1n) is 6.33. The van der Waals surface area contributed by atoms with Crippen molar-refractivity contribution in [2.75, 3.05) is 6.61 Å². The van der Waals surface area contributed by atoms with Gasteiger partial charge in [0.2, 0.25) is 0 Å². The Morgan fingerprint density at radius 3 is 2.95 bits per heavy atom. The molecule has 2 N–H and O–H groups in total. The van der Waals surface area contributed by atoms with Gasteiger partial charge in [-0.3, -0.25) is 4.98 Å². The molecule has 5 heteroatoms. The first-order valence-corrected chi connectivity index (χ1v) is 6.33. The van der Waals surface area contributed by atoms with Gasteiger partial charge in [0, 0.05) is 12.4 Å². The zero-order valence-electron chi connectivity index (χ0n) is 11.2. The minimum Gasteiger partial charge on any atom is -0.492 e. The van der Waals surface area contributed by atoms with Crippen LogP contribution in [0.25, 0.3) is 0 Å². The second kappa shape index (κ2) is 6.24. The lowest BCUT2D eigenvalue weighted by Crippen LogP contribution is -2.14. The summed E-state index contributed by atoms with van der Waals surface area (Å²) >= 11 is 0. The van der Waals surface area contributed by atoms with Crippen LogP contribution >= 0.6 is 0 Å². The molecule has 0 aromatic carbocycles. The van der Waals surface area contributed by atoms with E-state index < -0.39 is 0 Å². The zero-order valence-corrected chi connectivity index (χ0v) is 11.2. The third-order valence-electron chi connectivity index (χ3n) is 2.68. The first-order chi connectivity index (χ1) is 9.20. The Morgan fingerprint density at radius 1 is 1.37 bits per heavy atom. The van der Waals surface area contributed by atoms with Gasteiger partial charge in [-0.1, -0.05) is 6.92 Å². The molecule has 0 spiro atoms. The molecule has 0 bridgehead atoms. The van der Waals surface area contributed by atoms with Crippen LogP contribution in [0.4, 0.5) is 0 Å². The minimum atomic E-state index is -0.320. The largest absolute Gasteiger partial charge is 0.492 e. The summed E-state index contributed by atoms with van der Waals surface area (Å²) in [4.78, 5) is 12.6. The maximum atomic E-state index is 6.20. The Morgan fingerprint density at radius 2 is 2.21 bits per heavy atom. The summed E-state index contributed by atoms with van der Waals surface area (Å²) < 4.78 is 5.55. The van der Waals surface area contributed by atoms with Gasteiger partial charge in [0.15, 0.2) is 0 Å². The standard InChI is InChI=1S/C14H18N4O/c1-3-6-19-12-7-11(8-16-9-12)14(15)13-4-5-17-10(2)18-13/h4-5,7-9,14H,3,6,15H2,1-2H3. The molecule has 19 heavy (non-hydrogen) atoms. The second-order valence-electron chi connectivity index (χ2n) is 4.31. The molecule has 2 heterocycles. The Hall–Kier alpha value is -2.01. The predicted molar refractivity (Wildman–Crippen MR) is 72.8 cm³/mol. The summed E-state index contributed by atoms with van der Waals surface area (Å²) in [5.74, 6) is 1.44. The van der Waals surface area contributed by atoms with Gasteiger partial charge in [0.25, 0.3) is 0 Å². The molecule has 0 saturated carbocycles. The SMILES string of the molecule is CCCOc1cncc(C(N)c2ccnc(C)n2)c1. The lowest BCUT2D eigenvalue weighted by molar-refractivity contribution is 0.315. The minimum absolute atomic E-state index is 0.320. The highest BCUT2D eigenvalue weighted by atomic mass is 16.5. The van der Waals surface area contributed by atoms with Gasteiger partial charge in [-0.2, -0.15) is 0 Å². The molecular weight excluding hydrogens is 240 g/mol. The number of hydrogen-bond donors (Lipinski definition) is 1. The van der Waals surface area contributed by atoms with Crippen LogP contribution in [0.1, 0.15) is 36.5 Å². The average molecular weight is 258 g/mol.